The molecule has 0 aliphatic heterocycles. The van der Waals surface area contributed by atoms with E-state index in [0.717, 1.165) is 89.9 Å². The van der Waals surface area contributed by atoms with Crippen molar-refractivity contribution in [2.75, 3.05) is 13.2 Å². The number of esters is 3. The average Bonchev–Trinajstić information content (AvgIpc) is 3.28. The van der Waals surface area contributed by atoms with Gasteiger partial charge < -0.3 is 14.2 Å². The Morgan fingerprint density at radius 1 is 0.333 bits per heavy atom. The number of carbonyl (C=O) groups excluding carboxylic acids is 3. The second-order valence-corrected chi connectivity index (χ2v) is 16.7. The highest BCUT2D eigenvalue weighted by molar-refractivity contribution is 5.71. The van der Waals surface area contributed by atoms with Crippen LogP contribution in [-0.2, 0) is 28.6 Å². The lowest BCUT2D eigenvalue weighted by molar-refractivity contribution is -0.166. The normalized spacial score (nSPS) is 12.9. The van der Waals surface area contributed by atoms with Crippen molar-refractivity contribution >= 4 is 17.9 Å². The first-order chi connectivity index (χ1) is 31.0. The molecule has 0 saturated carbocycles. The third-order valence-electron chi connectivity index (χ3n) is 10.6. The number of carbonyl (C=O) groups is 3. The third kappa shape index (κ3) is 49.2. The van der Waals surface area contributed by atoms with Gasteiger partial charge in [-0.15, -0.1) is 0 Å². The van der Waals surface area contributed by atoms with Crippen molar-refractivity contribution in [2.45, 2.75) is 232 Å². The summed E-state index contributed by atoms with van der Waals surface area (Å²) in [5.41, 5.74) is 0. The van der Waals surface area contributed by atoms with E-state index in [1.165, 1.54) is 89.9 Å². The molecule has 0 amide bonds. The van der Waals surface area contributed by atoms with Crippen LogP contribution in [0.25, 0.3) is 0 Å². The van der Waals surface area contributed by atoms with Crippen molar-refractivity contribution in [3.05, 3.63) is 97.2 Å². The summed E-state index contributed by atoms with van der Waals surface area (Å²) >= 11 is 0. The van der Waals surface area contributed by atoms with Crippen molar-refractivity contribution in [3.8, 4) is 0 Å². The van der Waals surface area contributed by atoms with Crippen LogP contribution in [0.4, 0.5) is 0 Å². The summed E-state index contributed by atoms with van der Waals surface area (Å²) in [5.74, 6) is -1.01. The van der Waals surface area contributed by atoms with Gasteiger partial charge in [0.25, 0.3) is 0 Å². The Morgan fingerprint density at radius 3 is 1.11 bits per heavy atom. The largest absolute Gasteiger partial charge is 0.462 e. The van der Waals surface area contributed by atoms with Crippen LogP contribution in [0.5, 0.6) is 0 Å². The minimum atomic E-state index is -0.813. The van der Waals surface area contributed by atoms with Gasteiger partial charge in [0, 0.05) is 19.3 Å². The number of ether oxygens (including phenoxy) is 3. The Labute approximate surface area is 387 Å². The zero-order chi connectivity index (χ0) is 45.8. The Bertz CT molecular complexity index is 1280. The Morgan fingerprint density at radius 2 is 0.667 bits per heavy atom. The topological polar surface area (TPSA) is 78.9 Å². The summed E-state index contributed by atoms with van der Waals surface area (Å²) in [6, 6.07) is 0. The molecule has 0 bridgehead atoms. The van der Waals surface area contributed by atoms with Crippen molar-refractivity contribution in [1.82, 2.24) is 0 Å². The van der Waals surface area contributed by atoms with Gasteiger partial charge >= 0.3 is 17.9 Å². The summed E-state index contributed by atoms with van der Waals surface area (Å²) in [6.07, 6.45) is 66.9. The second-order valence-electron chi connectivity index (χ2n) is 16.7. The molecule has 0 spiro atoms. The number of hydrogen-bond donors (Lipinski definition) is 0. The molecule has 0 N–H and O–H groups in total. The van der Waals surface area contributed by atoms with E-state index in [0.29, 0.717) is 19.3 Å². The molecule has 0 radical (unpaired) electrons. The highest BCUT2D eigenvalue weighted by atomic mass is 16.6. The van der Waals surface area contributed by atoms with E-state index in [-0.39, 0.29) is 37.5 Å². The molecule has 0 aromatic rings. The quantitative estimate of drug-likeness (QED) is 0.0262. The number of hydrogen-bond acceptors (Lipinski definition) is 6. The van der Waals surface area contributed by atoms with Gasteiger partial charge in [0.1, 0.15) is 13.2 Å². The van der Waals surface area contributed by atoms with Gasteiger partial charge in [0.15, 0.2) is 6.10 Å². The molecule has 1 atom stereocenters. The monoisotopic (exact) mass is 875 g/mol. The molecular formula is C57H94O6. The minimum absolute atomic E-state index is 0.108. The van der Waals surface area contributed by atoms with Crippen molar-refractivity contribution in [2.24, 2.45) is 0 Å². The number of allylic oxidation sites excluding steroid dienone is 16. The number of rotatable bonds is 45. The van der Waals surface area contributed by atoms with Crippen LogP contribution >= 0.6 is 0 Å². The summed E-state index contributed by atoms with van der Waals surface area (Å²) in [4.78, 5) is 37.9. The molecule has 6 nitrogen and oxygen atoms in total. The zero-order valence-electron chi connectivity index (χ0n) is 40.8. The van der Waals surface area contributed by atoms with Gasteiger partial charge in [-0.25, -0.2) is 0 Å². The van der Waals surface area contributed by atoms with E-state index in [1.807, 2.05) is 6.08 Å². The maximum Gasteiger partial charge on any atom is 0.306 e. The lowest BCUT2D eigenvalue weighted by Gasteiger charge is -2.18. The smallest absolute Gasteiger partial charge is 0.306 e. The average molecular weight is 875 g/mol. The molecule has 0 unspecified atom stereocenters. The number of unbranched alkanes of at least 4 members (excludes halogenated alkanes) is 18. The fraction of sp³-hybridized carbons (Fsp3) is 0.667. The van der Waals surface area contributed by atoms with Gasteiger partial charge in [-0.05, 0) is 103 Å². The lowest BCUT2D eigenvalue weighted by Crippen LogP contribution is -2.30. The maximum atomic E-state index is 12.8. The zero-order valence-corrected chi connectivity index (χ0v) is 40.8. The third-order valence-corrected chi connectivity index (χ3v) is 10.6. The van der Waals surface area contributed by atoms with E-state index in [1.54, 1.807) is 0 Å². The predicted molar refractivity (Wildman–Crippen MR) is 270 cm³/mol. The van der Waals surface area contributed by atoms with Gasteiger partial charge in [-0.1, -0.05) is 201 Å². The van der Waals surface area contributed by atoms with Gasteiger partial charge in [-0.3, -0.25) is 14.4 Å². The molecular weight excluding hydrogens is 781 g/mol. The van der Waals surface area contributed by atoms with Crippen molar-refractivity contribution in [1.29, 1.82) is 0 Å². The molecule has 0 heterocycles. The fourth-order valence-electron chi connectivity index (χ4n) is 6.68. The van der Waals surface area contributed by atoms with Crippen molar-refractivity contribution in [3.63, 3.8) is 0 Å². The van der Waals surface area contributed by atoms with E-state index in [4.69, 9.17) is 14.2 Å². The first kappa shape index (κ1) is 59.3. The standard InChI is InChI=1S/C57H94O6/c1-4-7-10-13-16-19-22-24-26-27-28-29-31-32-35-38-41-44-47-50-56(59)62-53-54(52-61-55(58)49-46-43-40-37-34-21-18-15-12-9-6-3)63-57(60)51-48-45-42-39-36-33-30-25-23-20-17-14-11-8-5-2/h7,10,15-16,18-20,23-24,26,28-29,32,35,41,44,54H,4-6,8-9,11-14,17,21-22,25,27,30-31,33-34,36-40,42-43,45-53H2,1-3H3/b10-7-,18-15-,19-16-,23-20-,26-24-,29-28-,35-32-,44-41-/t54-/m0/s1. The molecule has 0 aliphatic carbocycles. The van der Waals surface area contributed by atoms with Crippen LogP contribution in [0.1, 0.15) is 226 Å². The van der Waals surface area contributed by atoms with Gasteiger partial charge in [0.2, 0.25) is 0 Å². The van der Waals surface area contributed by atoms with Crippen LogP contribution in [0.15, 0.2) is 97.2 Å². The van der Waals surface area contributed by atoms with Crippen LogP contribution in [0, 0.1) is 0 Å². The van der Waals surface area contributed by atoms with Crippen LogP contribution in [0.2, 0.25) is 0 Å². The van der Waals surface area contributed by atoms with Crippen LogP contribution < -0.4 is 0 Å². The van der Waals surface area contributed by atoms with Crippen molar-refractivity contribution < 1.29 is 28.6 Å². The summed E-state index contributed by atoms with van der Waals surface area (Å²) < 4.78 is 16.7. The molecule has 0 aromatic heterocycles. The maximum absolute atomic E-state index is 12.8. The molecule has 0 saturated heterocycles. The molecule has 0 aliphatic rings. The Balaban J connectivity index is 4.50. The molecule has 0 aromatic carbocycles. The predicted octanol–water partition coefficient (Wildman–Crippen LogP) is 17.0. The van der Waals surface area contributed by atoms with Crippen LogP contribution in [0.3, 0.4) is 0 Å². The van der Waals surface area contributed by atoms with Gasteiger partial charge in [0.05, 0.1) is 0 Å². The highest BCUT2D eigenvalue weighted by Crippen LogP contribution is 2.13. The molecule has 63 heavy (non-hydrogen) atoms. The summed E-state index contributed by atoms with van der Waals surface area (Å²) in [6.45, 7) is 6.39. The lowest BCUT2D eigenvalue weighted by atomic mass is 10.1. The molecule has 0 rings (SSSR count). The molecule has 6 heteroatoms. The van der Waals surface area contributed by atoms with E-state index in [2.05, 4.69) is 112 Å². The summed E-state index contributed by atoms with van der Waals surface area (Å²) in [7, 11) is 0. The second kappa shape index (κ2) is 51.0. The van der Waals surface area contributed by atoms with E-state index >= 15 is 0 Å². The Hall–Kier alpha value is -3.67. The van der Waals surface area contributed by atoms with Crippen LogP contribution in [-0.4, -0.2) is 37.2 Å². The first-order valence-electron chi connectivity index (χ1n) is 25.7. The molecule has 0 fully saturated rings. The minimum Gasteiger partial charge on any atom is -0.462 e. The van der Waals surface area contributed by atoms with Gasteiger partial charge in [-0.2, -0.15) is 0 Å². The summed E-state index contributed by atoms with van der Waals surface area (Å²) in [5, 5.41) is 0. The highest BCUT2D eigenvalue weighted by Gasteiger charge is 2.19. The Kier molecular flexibility index (Phi) is 48.0. The SMILES string of the molecule is CC/C=C\C/C=C\C/C=C\C/C=C\C/C=C\C/C=C\CCC(=O)OC[C@H](COC(=O)CCCCCCC/C=C\CCCC)OC(=O)CCCCCCCCC/C=C\CCCCCC. The first-order valence-corrected chi connectivity index (χ1v) is 25.7. The van der Waals surface area contributed by atoms with E-state index in [9.17, 15) is 14.4 Å². The van der Waals surface area contributed by atoms with E-state index < -0.39 is 6.10 Å². The fourth-order valence-corrected chi connectivity index (χ4v) is 6.68. The molecule has 358 valence electrons.